The van der Waals surface area contributed by atoms with Crippen molar-refractivity contribution < 1.29 is 4.74 Å². The molecule has 1 aliphatic carbocycles. The van der Waals surface area contributed by atoms with Crippen LogP contribution in [0.2, 0.25) is 0 Å². The molecule has 2 heteroatoms. The SMILES string of the molecule is CC(C)(C)N1CCOC2(CCCCC2)C1. The van der Waals surface area contributed by atoms with Crippen LogP contribution in [-0.4, -0.2) is 35.7 Å². The summed E-state index contributed by atoms with van der Waals surface area (Å²) in [5.74, 6) is 0. The maximum absolute atomic E-state index is 6.09. The standard InChI is InChI=1S/C13H25NO/c1-12(2,3)14-9-10-15-13(11-14)7-5-4-6-8-13/h4-11H2,1-3H3. The van der Waals surface area contributed by atoms with Crippen molar-refractivity contribution in [2.24, 2.45) is 0 Å². The van der Waals surface area contributed by atoms with E-state index in [2.05, 4.69) is 25.7 Å². The molecule has 15 heavy (non-hydrogen) atoms. The summed E-state index contributed by atoms with van der Waals surface area (Å²) in [7, 11) is 0. The monoisotopic (exact) mass is 211 g/mol. The Hall–Kier alpha value is -0.0800. The topological polar surface area (TPSA) is 12.5 Å². The molecule has 1 aliphatic heterocycles. The molecule has 0 aromatic rings. The van der Waals surface area contributed by atoms with E-state index in [9.17, 15) is 0 Å². The van der Waals surface area contributed by atoms with Crippen molar-refractivity contribution in [3.63, 3.8) is 0 Å². The van der Waals surface area contributed by atoms with Crippen molar-refractivity contribution >= 4 is 0 Å². The number of nitrogens with zero attached hydrogens (tertiary/aromatic N) is 1. The Kier molecular flexibility index (Phi) is 3.09. The molecule has 0 radical (unpaired) electrons. The largest absolute Gasteiger partial charge is 0.372 e. The van der Waals surface area contributed by atoms with Crippen LogP contribution in [0.4, 0.5) is 0 Å². The fourth-order valence-electron chi connectivity index (χ4n) is 2.92. The Morgan fingerprint density at radius 1 is 1.07 bits per heavy atom. The van der Waals surface area contributed by atoms with Gasteiger partial charge in [-0.2, -0.15) is 0 Å². The van der Waals surface area contributed by atoms with Crippen LogP contribution in [-0.2, 0) is 4.74 Å². The normalized spacial score (nSPS) is 28.2. The third-order valence-electron chi connectivity index (χ3n) is 3.96. The summed E-state index contributed by atoms with van der Waals surface area (Å²) in [6.07, 6.45) is 6.68. The van der Waals surface area contributed by atoms with Crippen LogP contribution in [0, 0.1) is 0 Å². The summed E-state index contributed by atoms with van der Waals surface area (Å²) in [4.78, 5) is 2.60. The average molecular weight is 211 g/mol. The van der Waals surface area contributed by atoms with Gasteiger partial charge < -0.3 is 4.74 Å². The third-order valence-corrected chi connectivity index (χ3v) is 3.96. The number of hydrogen-bond donors (Lipinski definition) is 0. The van der Waals surface area contributed by atoms with Gasteiger partial charge in [-0.3, -0.25) is 4.90 Å². The van der Waals surface area contributed by atoms with E-state index >= 15 is 0 Å². The van der Waals surface area contributed by atoms with E-state index in [1.807, 2.05) is 0 Å². The Morgan fingerprint density at radius 3 is 2.33 bits per heavy atom. The minimum atomic E-state index is 0.212. The van der Waals surface area contributed by atoms with Gasteiger partial charge in [-0.1, -0.05) is 19.3 Å². The minimum Gasteiger partial charge on any atom is -0.372 e. The van der Waals surface area contributed by atoms with E-state index < -0.39 is 0 Å². The lowest BCUT2D eigenvalue weighted by molar-refractivity contribution is -0.144. The van der Waals surface area contributed by atoms with Crippen LogP contribution in [0.3, 0.4) is 0 Å². The van der Waals surface area contributed by atoms with Crippen LogP contribution >= 0.6 is 0 Å². The highest BCUT2D eigenvalue weighted by Gasteiger charge is 2.40. The van der Waals surface area contributed by atoms with Crippen LogP contribution in [0.1, 0.15) is 52.9 Å². The van der Waals surface area contributed by atoms with Crippen molar-refractivity contribution in [1.29, 1.82) is 0 Å². The molecule has 2 aliphatic rings. The molecular weight excluding hydrogens is 186 g/mol. The fourth-order valence-corrected chi connectivity index (χ4v) is 2.92. The molecule has 1 heterocycles. The summed E-state index contributed by atoms with van der Waals surface area (Å²) < 4.78 is 6.09. The summed E-state index contributed by atoms with van der Waals surface area (Å²) in [6, 6.07) is 0. The lowest BCUT2D eigenvalue weighted by Gasteiger charge is -2.49. The zero-order valence-electron chi connectivity index (χ0n) is 10.5. The maximum Gasteiger partial charge on any atom is 0.0809 e. The van der Waals surface area contributed by atoms with Gasteiger partial charge in [0.2, 0.25) is 0 Å². The predicted octanol–water partition coefficient (Wildman–Crippen LogP) is 2.82. The highest BCUT2D eigenvalue weighted by atomic mass is 16.5. The first-order valence-electron chi connectivity index (χ1n) is 6.41. The number of ether oxygens (including phenoxy) is 1. The lowest BCUT2D eigenvalue weighted by Crippen LogP contribution is -2.58. The second-order valence-electron chi connectivity index (χ2n) is 6.18. The predicted molar refractivity (Wildman–Crippen MR) is 63.1 cm³/mol. The van der Waals surface area contributed by atoms with Gasteiger partial charge in [-0.25, -0.2) is 0 Å². The molecule has 0 amide bonds. The number of rotatable bonds is 0. The van der Waals surface area contributed by atoms with Gasteiger partial charge in [0.05, 0.1) is 12.2 Å². The maximum atomic E-state index is 6.09. The van der Waals surface area contributed by atoms with Crippen molar-refractivity contribution in [2.75, 3.05) is 19.7 Å². The Bertz CT molecular complexity index is 208. The molecule has 0 bridgehead atoms. The zero-order chi connectivity index (χ0) is 10.9. The molecule has 1 saturated carbocycles. The number of hydrogen-bond acceptors (Lipinski definition) is 2. The van der Waals surface area contributed by atoms with Crippen LogP contribution in [0.25, 0.3) is 0 Å². The summed E-state index contributed by atoms with van der Waals surface area (Å²) in [6.45, 7) is 10.1. The zero-order valence-corrected chi connectivity index (χ0v) is 10.5. The highest BCUT2D eigenvalue weighted by molar-refractivity contribution is 4.93. The first kappa shape index (κ1) is 11.4. The molecule has 2 fully saturated rings. The van der Waals surface area contributed by atoms with E-state index in [4.69, 9.17) is 4.74 Å². The first-order valence-corrected chi connectivity index (χ1v) is 6.41. The molecule has 0 aromatic carbocycles. The molecule has 0 atom stereocenters. The quantitative estimate of drug-likeness (QED) is 0.611. The summed E-state index contributed by atoms with van der Waals surface area (Å²) >= 11 is 0. The smallest absolute Gasteiger partial charge is 0.0809 e. The van der Waals surface area contributed by atoms with Crippen molar-refractivity contribution in [3.05, 3.63) is 0 Å². The second kappa shape index (κ2) is 4.06. The molecule has 0 aromatic heterocycles. The molecule has 0 unspecified atom stereocenters. The third kappa shape index (κ3) is 2.54. The number of morpholine rings is 1. The van der Waals surface area contributed by atoms with E-state index in [0.717, 1.165) is 19.7 Å². The van der Waals surface area contributed by atoms with E-state index in [1.54, 1.807) is 0 Å². The van der Waals surface area contributed by atoms with Crippen molar-refractivity contribution in [2.45, 2.75) is 64.0 Å². The molecule has 1 saturated heterocycles. The molecular formula is C13H25NO. The van der Waals surface area contributed by atoms with Gasteiger partial charge in [-0.15, -0.1) is 0 Å². The van der Waals surface area contributed by atoms with Crippen molar-refractivity contribution in [3.8, 4) is 0 Å². The van der Waals surface area contributed by atoms with Gasteiger partial charge in [0.15, 0.2) is 0 Å². The van der Waals surface area contributed by atoms with Crippen LogP contribution < -0.4 is 0 Å². The first-order chi connectivity index (χ1) is 7.02. The highest BCUT2D eigenvalue weighted by Crippen LogP contribution is 2.36. The van der Waals surface area contributed by atoms with E-state index in [1.165, 1.54) is 32.1 Å². The Labute approximate surface area is 94.0 Å². The van der Waals surface area contributed by atoms with Crippen LogP contribution in [0.5, 0.6) is 0 Å². The average Bonchev–Trinajstić information content (AvgIpc) is 2.18. The molecule has 2 rings (SSSR count). The Morgan fingerprint density at radius 2 is 1.73 bits per heavy atom. The molecule has 1 spiro atoms. The van der Waals surface area contributed by atoms with Gasteiger partial charge in [0, 0.05) is 18.6 Å². The molecule has 0 N–H and O–H groups in total. The fraction of sp³-hybridized carbons (Fsp3) is 1.00. The van der Waals surface area contributed by atoms with E-state index in [0.29, 0.717) is 5.54 Å². The van der Waals surface area contributed by atoms with Gasteiger partial charge in [0.1, 0.15) is 0 Å². The second-order valence-corrected chi connectivity index (χ2v) is 6.18. The minimum absolute atomic E-state index is 0.212. The lowest BCUT2D eigenvalue weighted by atomic mass is 9.82. The Balaban J connectivity index is 2.02. The molecule has 2 nitrogen and oxygen atoms in total. The van der Waals surface area contributed by atoms with Crippen LogP contribution in [0.15, 0.2) is 0 Å². The van der Waals surface area contributed by atoms with Gasteiger partial charge in [-0.05, 0) is 33.6 Å². The summed E-state index contributed by atoms with van der Waals surface area (Å²) in [5.41, 5.74) is 0.512. The van der Waals surface area contributed by atoms with Gasteiger partial charge in [0.25, 0.3) is 0 Å². The summed E-state index contributed by atoms with van der Waals surface area (Å²) in [5, 5.41) is 0. The molecule has 88 valence electrons. The van der Waals surface area contributed by atoms with Gasteiger partial charge >= 0.3 is 0 Å². The van der Waals surface area contributed by atoms with Crippen molar-refractivity contribution in [1.82, 2.24) is 4.90 Å². The van der Waals surface area contributed by atoms with E-state index in [-0.39, 0.29) is 5.60 Å².